The second kappa shape index (κ2) is 8.01. The molecule has 0 saturated carbocycles. The van der Waals surface area contributed by atoms with E-state index in [1.807, 2.05) is 6.92 Å². The van der Waals surface area contributed by atoms with Crippen LogP contribution >= 0.6 is 11.6 Å². The molecule has 1 aromatic rings. The van der Waals surface area contributed by atoms with Gasteiger partial charge in [0.25, 0.3) is 0 Å². The third-order valence-corrected chi connectivity index (χ3v) is 2.81. The van der Waals surface area contributed by atoms with Crippen molar-refractivity contribution in [2.75, 3.05) is 13.1 Å². The van der Waals surface area contributed by atoms with Gasteiger partial charge in [-0.1, -0.05) is 24.6 Å². The van der Waals surface area contributed by atoms with E-state index in [0.29, 0.717) is 13.1 Å². The molecule has 1 aromatic carbocycles. The fourth-order valence-electron chi connectivity index (χ4n) is 1.81. The smallest absolute Gasteiger partial charge is 0.387 e. The predicted octanol–water partition coefficient (Wildman–Crippen LogP) is 3.24. The molecule has 20 heavy (non-hydrogen) atoms. The van der Waals surface area contributed by atoms with Gasteiger partial charge in [-0.2, -0.15) is 8.78 Å². The maximum atomic E-state index is 12.1. The molecule has 0 saturated heterocycles. The van der Waals surface area contributed by atoms with Gasteiger partial charge in [0, 0.05) is 6.54 Å². The van der Waals surface area contributed by atoms with Gasteiger partial charge in [-0.15, -0.1) is 0 Å². The van der Waals surface area contributed by atoms with E-state index in [9.17, 15) is 13.6 Å². The van der Waals surface area contributed by atoms with Gasteiger partial charge in [-0.25, -0.2) is 0 Å². The Balaban J connectivity index is 2.75. The van der Waals surface area contributed by atoms with E-state index in [-0.39, 0.29) is 17.3 Å². The zero-order valence-electron chi connectivity index (χ0n) is 11.0. The van der Waals surface area contributed by atoms with E-state index in [0.717, 1.165) is 12.0 Å². The van der Waals surface area contributed by atoms with Gasteiger partial charge in [-0.3, -0.25) is 9.69 Å². The molecule has 4 nitrogen and oxygen atoms in total. The summed E-state index contributed by atoms with van der Waals surface area (Å²) >= 11 is 5.85. The molecular formula is C13H16ClF2NO3. The fraction of sp³-hybridized carbons (Fsp3) is 0.462. The highest BCUT2D eigenvalue weighted by Gasteiger charge is 2.12. The quantitative estimate of drug-likeness (QED) is 0.801. The summed E-state index contributed by atoms with van der Waals surface area (Å²) in [5.74, 6) is -1.01. The lowest BCUT2D eigenvalue weighted by molar-refractivity contribution is -0.138. The fourth-order valence-corrected chi connectivity index (χ4v) is 2.06. The van der Waals surface area contributed by atoms with Gasteiger partial charge in [0.15, 0.2) is 0 Å². The summed E-state index contributed by atoms with van der Waals surface area (Å²) in [5, 5.41) is 8.89. The minimum Gasteiger partial charge on any atom is -0.480 e. The molecular weight excluding hydrogens is 292 g/mol. The van der Waals surface area contributed by atoms with Gasteiger partial charge in [-0.05, 0) is 30.7 Å². The van der Waals surface area contributed by atoms with Crippen molar-refractivity contribution in [3.63, 3.8) is 0 Å². The van der Waals surface area contributed by atoms with Gasteiger partial charge in [0.1, 0.15) is 5.75 Å². The van der Waals surface area contributed by atoms with Crippen LogP contribution in [0.25, 0.3) is 0 Å². The van der Waals surface area contributed by atoms with Crippen LogP contribution < -0.4 is 4.74 Å². The summed E-state index contributed by atoms with van der Waals surface area (Å²) in [7, 11) is 0. The molecule has 0 fully saturated rings. The monoisotopic (exact) mass is 307 g/mol. The first-order valence-electron chi connectivity index (χ1n) is 6.09. The van der Waals surface area contributed by atoms with Crippen molar-refractivity contribution in [3.8, 4) is 5.75 Å². The van der Waals surface area contributed by atoms with Gasteiger partial charge in [0.05, 0.1) is 11.6 Å². The van der Waals surface area contributed by atoms with Gasteiger partial charge in [0.2, 0.25) is 0 Å². The Hall–Kier alpha value is -1.40. The number of nitrogens with zero attached hydrogens (tertiary/aromatic N) is 1. The maximum absolute atomic E-state index is 12.1. The lowest BCUT2D eigenvalue weighted by Gasteiger charge is -2.19. The Morgan fingerprint density at radius 1 is 1.50 bits per heavy atom. The van der Waals surface area contributed by atoms with E-state index in [1.165, 1.54) is 12.1 Å². The molecule has 0 radical (unpaired) electrons. The van der Waals surface area contributed by atoms with E-state index in [1.54, 1.807) is 11.0 Å². The van der Waals surface area contributed by atoms with Crippen LogP contribution in [0.15, 0.2) is 18.2 Å². The lowest BCUT2D eigenvalue weighted by Crippen LogP contribution is -2.30. The Morgan fingerprint density at radius 2 is 2.20 bits per heavy atom. The van der Waals surface area contributed by atoms with E-state index in [2.05, 4.69) is 4.74 Å². The minimum absolute atomic E-state index is 0.0783. The van der Waals surface area contributed by atoms with Crippen LogP contribution in [0.3, 0.4) is 0 Å². The molecule has 112 valence electrons. The third-order valence-electron chi connectivity index (χ3n) is 2.52. The highest BCUT2D eigenvalue weighted by atomic mass is 35.5. The highest BCUT2D eigenvalue weighted by molar-refractivity contribution is 6.32. The lowest BCUT2D eigenvalue weighted by atomic mass is 10.2. The van der Waals surface area contributed by atoms with Crippen molar-refractivity contribution in [1.29, 1.82) is 0 Å². The Morgan fingerprint density at radius 3 is 2.70 bits per heavy atom. The third kappa shape index (κ3) is 5.71. The average molecular weight is 308 g/mol. The average Bonchev–Trinajstić information content (AvgIpc) is 2.31. The summed E-state index contributed by atoms with van der Waals surface area (Å²) in [6, 6.07) is 4.45. The molecule has 0 bridgehead atoms. The standard InChI is InChI=1S/C13H16ClF2NO3/c1-2-5-17(8-12(18)19)7-9-3-4-11(10(14)6-9)20-13(15)16/h3-4,6,13H,2,5,7-8H2,1H3,(H,18,19). The molecule has 7 heteroatoms. The number of aliphatic carboxylic acids is 1. The van der Waals surface area contributed by atoms with Crippen LogP contribution in [-0.2, 0) is 11.3 Å². The number of ether oxygens (including phenoxy) is 1. The van der Waals surface area contributed by atoms with Gasteiger partial charge < -0.3 is 9.84 Å². The normalized spacial score (nSPS) is 11.1. The molecule has 0 amide bonds. The van der Waals surface area contributed by atoms with Crippen LogP contribution in [0.4, 0.5) is 8.78 Å². The molecule has 0 aromatic heterocycles. The van der Waals surface area contributed by atoms with Gasteiger partial charge >= 0.3 is 12.6 Å². The molecule has 0 unspecified atom stereocenters. The number of hydrogen-bond donors (Lipinski definition) is 1. The Labute approximate surface area is 120 Å². The van der Waals surface area contributed by atoms with Crippen LogP contribution in [0.5, 0.6) is 5.75 Å². The molecule has 0 spiro atoms. The number of alkyl halides is 2. The zero-order valence-corrected chi connectivity index (χ0v) is 11.7. The highest BCUT2D eigenvalue weighted by Crippen LogP contribution is 2.27. The van der Waals surface area contributed by atoms with Crippen LogP contribution in [-0.4, -0.2) is 35.7 Å². The molecule has 0 aliphatic heterocycles. The molecule has 1 rings (SSSR count). The molecule has 0 aliphatic rings. The number of rotatable bonds is 8. The second-order valence-electron chi connectivity index (χ2n) is 4.25. The Kier molecular flexibility index (Phi) is 6.67. The first-order valence-corrected chi connectivity index (χ1v) is 6.47. The number of carboxylic acids is 1. The second-order valence-corrected chi connectivity index (χ2v) is 4.65. The summed E-state index contributed by atoms with van der Waals surface area (Å²) in [5.41, 5.74) is 0.742. The Bertz CT molecular complexity index is 457. The first-order chi connectivity index (χ1) is 9.42. The first kappa shape index (κ1) is 16.7. The molecule has 0 atom stereocenters. The van der Waals surface area contributed by atoms with E-state index < -0.39 is 12.6 Å². The van der Waals surface area contributed by atoms with Crippen molar-refractivity contribution < 1.29 is 23.4 Å². The van der Waals surface area contributed by atoms with Crippen molar-refractivity contribution in [1.82, 2.24) is 4.90 Å². The molecule has 0 aliphatic carbocycles. The van der Waals surface area contributed by atoms with Crippen molar-refractivity contribution in [2.24, 2.45) is 0 Å². The summed E-state index contributed by atoms with van der Waals surface area (Å²) in [6.45, 7) is -0.0575. The zero-order chi connectivity index (χ0) is 15.1. The van der Waals surface area contributed by atoms with Crippen molar-refractivity contribution in [2.45, 2.75) is 26.5 Å². The summed E-state index contributed by atoms with van der Waals surface area (Å²) in [6.07, 6.45) is 0.813. The number of carbonyl (C=O) groups is 1. The number of benzene rings is 1. The maximum Gasteiger partial charge on any atom is 0.387 e. The van der Waals surface area contributed by atoms with E-state index in [4.69, 9.17) is 16.7 Å². The topological polar surface area (TPSA) is 49.8 Å². The van der Waals surface area contributed by atoms with Crippen LogP contribution in [0.2, 0.25) is 5.02 Å². The summed E-state index contributed by atoms with van der Waals surface area (Å²) < 4.78 is 28.4. The van der Waals surface area contributed by atoms with Crippen molar-refractivity contribution in [3.05, 3.63) is 28.8 Å². The van der Waals surface area contributed by atoms with Crippen LogP contribution in [0.1, 0.15) is 18.9 Å². The van der Waals surface area contributed by atoms with E-state index >= 15 is 0 Å². The molecule has 1 N–H and O–H groups in total. The van der Waals surface area contributed by atoms with Crippen LogP contribution in [0, 0.1) is 0 Å². The number of hydrogen-bond acceptors (Lipinski definition) is 3. The van der Waals surface area contributed by atoms with Crippen molar-refractivity contribution >= 4 is 17.6 Å². The predicted molar refractivity (Wildman–Crippen MR) is 71.3 cm³/mol. The summed E-state index contributed by atoms with van der Waals surface area (Å²) in [4.78, 5) is 12.5. The molecule has 0 heterocycles. The SMILES string of the molecule is CCCN(CC(=O)O)Cc1ccc(OC(F)F)c(Cl)c1. The number of carboxylic acid groups (broad SMARTS) is 1. The minimum atomic E-state index is -2.93. The number of halogens is 3. The largest absolute Gasteiger partial charge is 0.480 e.